The number of aliphatic hydroxyl groups excluding tert-OH is 1. The second-order valence-electron chi connectivity index (χ2n) is 8.04. The number of hydrogen-bond donors (Lipinski definition) is 2. The van der Waals surface area contributed by atoms with Crippen LogP contribution in [0.25, 0.3) is 11.2 Å². The molecule has 0 spiro atoms. The van der Waals surface area contributed by atoms with Crippen LogP contribution in [0.3, 0.4) is 0 Å². The Kier molecular flexibility index (Phi) is 6.21. The molecule has 4 rings (SSSR count). The molecule has 1 aliphatic heterocycles. The Morgan fingerprint density at radius 3 is 2.73 bits per heavy atom. The zero-order valence-electron chi connectivity index (χ0n) is 17.2. The van der Waals surface area contributed by atoms with E-state index in [2.05, 4.69) is 39.0 Å². The predicted octanol–water partition coefficient (Wildman–Crippen LogP) is 2.43. The summed E-state index contributed by atoms with van der Waals surface area (Å²) in [7, 11) is 0. The summed E-state index contributed by atoms with van der Waals surface area (Å²) in [5, 5.41) is 13.1. The largest absolute Gasteiger partial charge is 0.394 e. The maximum Gasteiger partial charge on any atom is 0.167 e. The van der Waals surface area contributed by atoms with Crippen LogP contribution in [0.2, 0.25) is 0 Å². The van der Waals surface area contributed by atoms with E-state index in [1.54, 1.807) is 18.5 Å². The summed E-state index contributed by atoms with van der Waals surface area (Å²) in [6.45, 7) is 6.79. The highest BCUT2D eigenvalue weighted by molar-refractivity contribution is 5.82. The van der Waals surface area contributed by atoms with Crippen LogP contribution in [0.5, 0.6) is 0 Å². The number of ether oxygens (including phenoxy) is 1. The van der Waals surface area contributed by atoms with Gasteiger partial charge in [0.25, 0.3) is 0 Å². The molecule has 2 N–H and O–H groups in total. The van der Waals surface area contributed by atoms with Crippen LogP contribution < -0.4 is 5.32 Å². The minimum atomic E-state index is -0.353. The highest BCUT2D eigenvalue weighted by atomic mass is 19.1. The van der Waals surface area contributed by atoms with Gasteiger partial charge in [0, 0.05) is 26.2 Å². The molecule has 1 saturated heterocycles. The summed E-state index contributed by atoms with van der Waals surface area (Å²) < 4.78 is 21.2. The molecule has 3 aromatic rings. The molecule has 1 aromatic carbocycles. The first-order chi connectivity index (χ1) is 14.5. The Morgan fingerprint density at radius 1 is 1.20 bits per heavy atom. The summed E-state index contributed by atoms with van der Waals surface area (Å²) in [6.07, 6.45) is 2.54. The number of hydrogen-bond acceptors (Lipinski definition) is 7. The van der Waals surface area contributed by atoms with Crippen molar-refractivity contribution in [1.82, 2.24) is 24.4 Å². The molecule has 160 valence electrons. The quantitative estimate of drug-likeness (QED) is 0.614. The average Bonchev–Trinajstić information content (AvgIpc) is 3.18. The number of rotatable bonds is 7. The average molecular weight is 414 g/mol. The molecule has 2 aromatic heterocycles. The molecule has 1 fully saturated rings. The van der Waals surface area contributed by atoms with Gasteiger partial charge < -0.3 is 15.2 Å². The molecule has 3 heterocycles. The number of imidazole rings is 1. The SMILES string of the molecule is CC(C)CNc1ncnc2c1ncn2[C@H]1CN(Cc2ccc(F)cc2)C[C@@H](CO)O1. The molecule has 0 amide bonds. The zero-order valence-corrected chi connectivity index (χ0v) is 17.2. The summed E-state index contributed by atoms with van der Waals surface area (Å²) in [5.41, 5.74) is 2.38. The number of nitrogens with zero attached hydrogens (tertiary/aromatic N) is 5. The number of nitrogens with one attached hydrogen (secondary N) is 1. The number of anilines is 1. The van der Waals surface area contributed by atoms with Gasteiger partial charge in [0.1, 0.15) is 18.4 Å². The van der Waals surface area contributed by atoms with Gasteiger partial charge in [0.05, 0.1) is 19.0 Å². The minimum Gasteiger partial charge on any atom is -0.394 e. The van der Waals surface area contributed by atoms with E-state index in [-0.39, 0.29) is 24.8 Å². The van der Waals surface area contributed by atoms with E-state index in [1.807, 2.05) is 4.57 Å². The van der Waals surface area contributed by atoms with Gasteiger partial charge >= 0.3 is 0 Å². The maximum absolute atomic E-state index is 13.2. The number of aliphatic hydroxyl groups is 1. The van der Waals surface area contributed by atoms with Crippen LogP contribution in [0, 0.1) is 11.7 Å². The molecule has 0 aliphatic carbocycles. The van der Waals surface area contributed by atoms with Gasteiger partial charge in [-0.2, -0.15) is 0 Å². The van der Waals surface area contributed by atoms with E-state index in [0.29, 0.717) is 42.5 Å². The van der Waals surface area contributed by atoms with Gasteiger partial charge in [0.2, 0.25) is 0 Å². The fourth-order valence-electron chi connectivity index (χ4n) is 3.62. The summed E-state index contributed by atoms with van der Waals surface area (Å²) in [4.78, 5) is 15.4. The fourth-order valence-corrected chi connectivity index (χ4v) is 3.62. The molecule has 1 aliphatic rings. The first-order valence-electron chi connectivity index (χ1n) is 10.2. The first-order valence-corrected chi connectivity index (χ1v) is 10.2. The van der Waals surface area contributed by atoms with E-state index in [4.69, 9.17) is 4.74 Å². The Morgan fingerprint density at radius 2 is 2.00 bits per heavy atom. The van der Waals surface area contributed by atoms with Crippen molar-refractivity contribution in [2.24, 2.45) is 5.92 Å². The summed E-state index contributed by atoms with van der Waals surface area (Å²) in [5.74, 6) is 0.924. The fraction of sp³-hybridized carbons (Fsp3) is 0.476. The molecule has 0 bridgehead atoms. The van der Waals surface area contributed by atoms with Crippen LogP contribution in [0.4, 0.5) is 10.2 Å². The smallest absolute Gasteiger partial charge is 0.167 e. The molecule has 0 unspecified atom stereocenters. The van der Waals surface area contributed by atoms with Gasteiger partial charge in [-0.25, -0.2) is 19.3 Å². The van der Waals surface area contributed by atoms with Crippen LogP contribution in [-0.4, -0.2) is 61.9 Å². The number of aromatic nitrogens is 4. The zero-order chi connectivity index (χ0) is 21.1. The van der Waals surface area contributed by atoms with Crippen molar-refractivity contribution < 1.29 is 14.2 Å². The van der Waals surface area contributed by atoms with E-state index in [0.717, 1.165) is 12.1 Å². The van der Waals surface area contributed by atoms with Crippen LogP contribution in [-0.2, 0) is 11.3 Å². The number of halogens is 1. The van der Waals surface area contributed by atoms with Crippen molar-refractivity contribution in [3.63, 3.8) is 0 Å². The van der Waals surface area contributed by atoms with Crippen LogP contribution in [0.1, 0.15) is 25.6 Å². The van der Waals surface area contributed by atoms with Gasteiger partial charge in [-0.15, -0.1) is 0 Å². The monoisotopic (exact) mass is 414 g/mol. The lowest BCUT2D eigenvalue weighted by molar-refractivity contribution is -0.135. The van der Waals surface area contributed by atoms with E-state index in [1.165, 1.54) is 18.5 Å². The van der Waals surface area contributed by atoms with Crippen molar-refractivity contribution in [2.45, 2.75) is 32.7 Å². The van der Waals surface area contributed by atoms with E-state index >= 15 is 0 Å². The van der Waals surface area contributed by atoms with Crippen LogP contribution >= 0.6 is 0 Å². The molecule has 9 heteroatoms. The van der Waals surface area contributed by atoms with Gasteiger partial charge in [-0.3, -0.25) is 9.47 Å². The predicted molar refractivity (Wildman–Crippen MR) is 111 cm³/mol. The minimum absolute atomic E-state index is 0.0841. The molecule has 2 atom stereocenters. The third-order valence-corrected chi connectivity index (χ3v) is 5.10. The lowest BCUT2D eigenvalue weighted by atomic mass is 10.1. The number of fused-ring (bicyclic) bond motifs is 1. The number of benzene rings is 1. The molecule has 0 saturated carbocycles. The second kappa shape index (κ2) is 9.03. The third-order valence-electron chi connectivity index (χ3n) is 5.10. The third kappa shape index (κ3) is 4.58. The highest BCUT2D eigenvalue weighted by Crippen LogP contribution is 2.26. The Hall–Kier alpha value is -2.62. The Balaban J connectivity index is 1.56. The summed E-state index contributed by atoms with van der Waals surface area (Å²) in [6, 6.07) is 6.48. The lowest BCUT2D eigenvalue weighted by Gasteiger charge is -2.37. The maximum atomic E-state index is 13.2. The second-order valence-corrected chi connectivity index (χ2v) is 8.04. The van der Waals surface area contributed by atoms with E-state index < -0.39 is 0 Å². The van der Waals surface area contributed by atoms with Gasteiger partial charge in [0.15, 0.2) is 17.0 Å². The first kappa shape index (κ1) is 20.6. The molecular formula is C21H27FN6O2. The molecule has 8 nitrogen and oxygen atoms in total. The normalized spacial score (nSPS) is 20.2. The van der Waals surface area contributed by atoms with Gasteiger partial charge in [-0.05, 0) is 23.6 Å². The van der Waals surface area contributed by atoms with Crippen molar-refractivity contribution in [3.05, 3.63) is 48.3 Å². The highest BCUT2D eigenvalue weighted by Gasteiger charge is 2.30. The van der Waals surface area contributed by atoms with Crippen molar-refractivity contribution in [1.29, 1.82) is 0 Å². The molecular weight excluding hydrogens is 387 g/mol. The summed E-state index contributed by atoms with van der Waals surface area (Å²) >= 11 is 0. The standard InChI is InChI=1S/C21H27FN6O2/c1-14(2)7-23-20-19-21(25-12-24-20)28(13-26-19)18-10-27(9-17(11-29)30-18)8-15-3-5-16(22)6-4-15/h3-6,12-14,17-18,29H,7-11H2,1-2H3,(H,23,24,25)/t17-,18+/m0/s1. The van der Waals surface area contributed by atoms with Crippen molar-refractivity contribution in [3.8, 4) is 0 Å². The van der Waals surface area contributed by atoms with Gasteiger partial charge in [-0.1, -0.05) is 26.0 Å². The lowest BCUT2D eigenvalue weighted by Crippen LogP contribution is -2.46. The Labute approximate surface area is 174 Å². The van der Waals surface area contributed by atoms with E-state index in [9.17, 15) is 9.50 Å². The molecule has 0 radical (unpaired) electrons. The topological polar surface area (TPSA) is 88.3 Å². The van der Waals surface area contributed by atoms with Crippen LogP contribution in [0.15, 0.2) is 36.9 Å². The van der Waals surface area contributed by atoms with Crippen molar-refractivity contribution in [2.75, 3.05) is 31.6 Å². The number of morpholine rings is 1. The molecule has 30 heavy (non-hydrogen) atoms. The van der Waals surface area contributed by atoms with Crippen molar-refractivity contribution >= 4 is 17.0 Å². The Bertz CT molecular complexity index is 977.